The van der Waals surface area contributed by atoms with Crippen molar-refractivity contribution in [3.8, 4) is 5.88 Å². The number of nitrogens with one attached hydrogen (secondary N) is 1. The highest BCUT2D eigenvalue weighted by molar-refractivity contribution is 6.31. The molecule has 1 aromatic heterocycles. The largest absolute Gasteiger partial charge is 0.478 e. The van der Waals surface area contributed by atoms with Crippen LogP contribution in [0.3, 0.4) is 0 Å². The van der Waals surface area contributed by atoms with Crippen LogP contribution in [0, 0.1) is 0 Å². The Morgan fingerprint density at radius 2 is 2.22 bits per heavy atom. The molecule has 0 amide bonds. The Hall–Kier alpha value is -0.840. The van der Waals surface area contributed by atoms with Gasteiger partial charge in [0.15, 0.2) is 0 Å². The molecule has 1 fully saturated rings. The maximum absolute atomic E-state index is 6.11. The molecular formula is C13H19ClN2O2. The van der Waals surface area contributed by atoms with Crippen LogP contribution >= 0.6 is 11.6 Å². The molecule has 1 aliphatic carbocycles. The molecule has 1 heterocycles. The van der Waals surface area contributed by atoms with Crippen molar-refractivity contribution in [1.29, 1.82) is 0 Å². The van der Waals surface area contributed by atoms with Crippen molar-refractivity contribution >= 4 is 11.6 Å². The predicted octanol–water partition coefficient (Wildman–Crippen LogP) is 2.40. The molecule has 0 spiro atoms. The third kappa shape index (κ3) is 4.44. The molecule has 1 aliphatic rings. The van der Waals surface area contributed by atoms with Crippen LogP contribution < -0.4 is 10.1 Å². The van der Waals surface area contributed by atoms with Crippen LogP contribution in [0.5, 0.6) is 5.88 Å². The molecular weight excluding hydrogens is 252 g/mol. The Bertz CT molecular complexity index is 383. The minimum absolute atomic E-state index is 0.609. The smallest absolute Gasteiger partial charge is 0.213 e. The van der Waals surface area contributed by atoms with E-state index in [0.717, 1.165) is 12.1 Å². The van der Waals surface area contributed by atoms with Crippen molar-refractivity contribution in [3.05, 3.63) is 22.8 Å². The lowest BCUT2D eigenvalue weighted by molar-refractivity contribution is 0.170. The molecule has 0 aromatic carbocycles. The van der Waals surface area contributed by atoms with Crippen LogP contribution in [0.4, 0.5) is 0 Å². The summed E-state index contributed by atoms with van der Waals surface area (Å²) in [7, 11) is 1.68. The summed E-state index contributed by atoms with van der Waals surface area (Å²) in [6.07, 6.45) is 3.37. The quantitative estimate of drug-likeness (QED) is 0.737. The summed E-state index contributed by atoms with van der Waals surface area (Å²) in [6.45, 7) is 2.01. The SMILES string of the molecule is COCCCOc1ccc(Cl)c(CNC2CC2)n1. The third-order valence-corrected chi connectivity index (χ3v) is 3.12. The summed E-state index contributed by atoms with van der Waals surface area (Å²) in [6, 6.07) is 4.29. The van der Waals surface area contributed by atoms with E-state index in [-0.39, 0.29) is 0 Å². The summed E-state index contributed by atoms with van der Waals surface area (Å²) in [5.41, 5.74) is 0.854. The van der Waals surface area contributed by atoms with E-state index < -0.39 is 0 Å². The number of rotatable bonds is 8. The molecule has 0 radical (unpaired) electrons. The standard InChI is InChI=1S/C13H19ClN2O2/c1-17-7-2-8-18-13-6-5-11(14)12(16-13)9-15-10-3-4-10/h5-6,10,15H,2-4,7-9H2,1H3. The molecule has 1 saturated carbocycles. The van der Waals surface area contributed by atoms with Crippen molar-refractivity contribution < 1.29 is 9.47 Å². The highest BCUT2D eigenvalue weighted by atomic mass is 35.5. The second-order valence-corrected chi connectivity index (χ2v) is 4.84. The van der Waals surface area contributed by atoms with Crippen molar-refractivity contribution in [2.45, 2.75) is 31.8 Å². The van der Waals surface area contributed by atoms with E-state index in [9.17, 15) is 0 Å². The first-order chi connectivity index (χ1) is 8.79. The van der Waals surface area contributed by atoms with Gasteiger partial charge in [-0.25, -0.2) is 4.98 Å². The molecule has 0 unspecified atom stereocenters. The number of hydrogen-bond acceptors (Lipinski definition) is 4. The van der Waals surface area contributed by atoms with Gasteiger partial charge in [-0.15, -0.1) is 0 Å². The molecule has 1 N–H and O–H groups in total. The van der Waals surface area contributed by atoms with Gasteiger partial charge in [-0.1, -0.05) is 11.6 Å². The van der Waals surface area contributed by atoms with Crippen molar-refractivity contribution in [1.82, 2.24) is 10.3 Å². The van der Waals surface area contributed by atoms with Gasteiger partial charge in [-0.05, 0) is 18.9 Å². The lowest BCUT2D eigenvalue weighted by Crippen LogP contribution is -2.16. The van der Waals surface area contributed by atoms with Crippen molar-refractivity contribution in [3.63, 3.8) is 0 Å². The lowest BCUT2D eigenvalue weighted by atomic mass is 10.3. The maximum atomic E-state index is 6.11. The first-order valence-corrected chi connectivity index (χ1v) is 6.68. The molecule has 2 rings (SSSR count). The lowest BCUT2D eigenvalue weighted by Gasteiger charge is -2.09. The number of ether oxygens (including phenoxy) is 2. The fraction of sp³-hybridized carbons (Fsp3) is 0.615. The fourth-order valence-corrected chi connectivity index (χ4v) is 1.75. The number of aromatic nitrogens is 1. The zero-order valence-electron chi connectivity index (χ0n) is 10.6. The Balaban J connectivity index is 1.83. The van der Waals surface area contributed by atoms with Gasteiger partial charge in [-0.3, -0.25) is 0 Å². The van der Waals surface area contributed by atoms with Crippen LogP contribution in [0.15, 0.2) is 12.1 Å². The first kappa shape index (κ1) is 13.6. The van der Waals surface area contributed by atoms with E-state index in [4.69, 9.17) is 21.1 Å². The second kappa shape index (κ2) is 6.92. The molecule has 1 aromatic rings. The van der Waals surface area contributed by atoms with Crippen LogP contribution in [0.2, 0.25) is 5.02 Å². The number of hydrogen-bond donors (Lipinski definition) is 1. The Morgan fingerprint density at radius 1 is 1.39 bits per heavy atom. The molecule has 0 saturated heterocycles. The maximum Gasteiger partial charge on any atom is 0.213 e. The van der Waals surface area contributed by atoms with Gasteiger partial charge in [0, 0.05) is 38.8 Å². The molecule has 4 nitrogen and oxygen atoms in total. The minimum atomic E-state index is 0.609. The number of pyridine rings is 1. The Labute approximate surface area is 113 Å². The average Bonchev–Trinajstić information content (AvgIpc) is 3.19. The van der Waals surface area contributed by atoms with Crippen LogP contribution in [-0.4, -0.2) is 31.3 Å². The van der Waals surface area contributed by atoms with Crippen LogP contribution in [-0.2, 0) is 11.3 Å². The third-order valence-electron chi connectivity index (χ3n) is 2.77. The van der Waals surface area contributed by atoms with Gasteiger partial charge in [0.1, 0.15) is 0 Å². The monoisotopic (exact) mass is 270 g/mol. The number of halogens is 1. The zero-order chi connectivity index (χ0) is 12.8. The fourth-order valence-electron chi connectivity index (χ4n) is 1.58. The van der Waals surface area contributed by atoms with E-state index in [1.165, 1.54) is 12.8 Å². The van der Waals surface area contributed by atoms with Gasteiger partial charge in [0.25, 0.3) is 0 Å². The highest BCUT2D eigenvalue weighted by Gasteiger charge is 2.20. The summed E-state index contributed by atoms with van der Waals surface area (Å²) in [5.74, 6) is 0.628. The normalized spacial score (nSPS) is 14.8. The summed E-state index contributed by atoms with van der Waals surface area (Å²) >= 11 is 6.11. The van der Waals surface area contributed by atoms with Gasteiger partial charge >= 0.3 is 0 Å². The van der Waals surface area contributed by atoms with Crippen LogP contribution in [0.1, 0.15) is 25.0 Å². The number of nitrogens with zero attached hydrogens (tertiary/aromatic N) is 1. The minimum Gasteiger partial charge on any atom is -0.478 e. The van der Waals surface area contributed by atoms with E-state index in [2.05, 4.69) is 10.3 Å². The average molecular weight is 271 g/mol. The van der Waals surface area contributed by atoms with Crippen LogP contribution in [0.25, 0.3) is 0 Å². The van der Waals surface area contributed by atoms with Gasteiger partial charge in [-0.2, -0.15) is 0 Å². The molecule has 0 bridgehead atoms. The predicted molar refractivity (Wildman–Crippen MR) is 71.1 cm³/mol. The summed E-state index contributed by atoms with van der Waals surface area (Å²) in [4.78, 5) is 4.41. The molecule has 100 valence electrons. The second-order valence-electron chi connectivity index (χ2n) is 4.43. The molecule has 18 heavy (non-hydrogen) atoms. The number of methoxy groups -OCH3 is 1. The Kier molecular flexibility index (Phi) is 5.23. The highest BCUT2D eigenvalue weighted by Crippen LogP contribution is 2.22. The topological polar surface area (TPSA) is 43.4 Å². The van der Waals surface area contributed by atoms with Gasteiger partial charge in [0.05, 0.1) is 17.3 Å². The van der Waals surface area contributed by atoms with E-state index in [1.54, 1.807) is 13.2 Å². The zero-order valence-corrected chi connectivity index (χ0v) is 11.4. The summed E-state index contributed by atoms with van der Waals surface area (Å²) in [5, 5.41) is 4.08. The van der Waals surface area contributed by atoms with E-state index in [1.807, 2.05) is 6.07 Å². The summed E-state index contributed by atoms with van der Waals surface area (Å²) < 4.78 is 10.5. The molecule has 0 atom stereocenters. The van der Waals surface area contributed by atoms with Gasteiger partial charge in [0.2, 0.25) is 5.88 Å². The molecule has 0 aliphatic heterocycles. The first-order valence-electron chi connectivity index (χ1n) is 6.30. The van der Waals surface area contributed by atoms with Gasteiger partial charge < -0.3 is 14.8 Å². The van der Waals surface area contributed by atoms with Crippen molar-refractivity contribution in [2.75, 3.05) is 20.3 Å². The van der Waals surface area contributed by atoms with E-state index in [0.29, 0.717) is 36.7 Å². The van der Waals surface area contributed by atoms with Crippen molar-refractivity contribution in [2.24, 2.45) is 0 Å². The van der Waals surface area contributed by atoms with E-state index >= 15 is 0 Å². The molecule has 5 heteroatoms. The Morgan fingerprint density at radius 3 is 2.94 bits per heavy atom.